The highest BCUT2D eigenvalue weighted by Crippen LogP contribution is 2.24. The van der Waals surface area contributed by atoms with Crippen molar-refractivity contribution in [3.63, 3.8) is 0 Å². The molecule has 31 heavy (non-hydrogen) atoms. The number of allylic oxidation sites excluding steroid dienone is 4. The third-order valence-electron chi connectivity index (χ3n) is 4.52. The number of sulfonamides is 2. The first kappa shape index (κ1) is 22.4. The average molecular weight is 457 g/mol. The van der Waals surface area contributed by atoms with Crippen LogP contribution in [0.25, 0.3) is 5.53 Å². The molecule has 10 heteroatoms. The van der Waals surface area contributed by atoms with Gasteiger partial charge in [-0.15, -0.1) is 0 Å². The number of aryl methyl sites for hydroxylation is 3. The van der Waals surface area contributed by atoms with E-state index in [0.29, 0.717) is 11.3 Å². The van der Waals surface area contributed by atoms with Crippen LogP contribution >= 0.6 is 0 Å². The minimum Gasteiger partial charge on any atom is -0.361 e. The Morgan fingerprint density at radius 3 is 2.19 bits per heavy atom. The number of hydrogen-bond donors (Lipinski definition) is 1. The van der Waals surface area contributed by atoms with Crippen molar-refractivity contribution in [2.75, 3.05) is 4.72 Å². The lowest BCUT2D eigenvalue weighted by Crippen LogP contribution is -2.24. The van der Waals surface area contributed by atoms with Crippen LogP contribution in [0.3, 0.4) is 0 Å². The van der Waals surface area contributed by atoms with E-state index in [1.165, 1.54) is 24.3 Å². The largest absolute Gasteiger partial charge is 0.361 e. The van der Waals surface area contributed by atoms with Crippen molar-refractivity contribution in [1.29, 1.82) is 0 Å². The van der Waals surface area contributed by atoms with Crippen molar-refractivity contribution >= 4 is 37.2 Å². The lowest BCUT2D eigenvalue weighted by Gasteiger charge is -2.15. The fourth-order valence-electron chi connectivity index (χ4n) is 2.79. The Bertz CT molecular complexity index is 1400. The molecule has 0 spiro atoms. The Labute approximate surface area is 181 Å². The molecule has 0 amide bonds. The lowest BCUT2D eigenvalue weighted by atomic mass is 10.1. The molecular weight excluding hydrogens is 436 g/mol. The maximum Gasteiger partial charge on any atom is 0.316 e. The molecule has 2 aromatic rings. The van der Waals surface area contributed by atoms with Crippen LogP contribution in [0.4, 0.5) is 5.69 Å². The van der Waals surface area contributed by atoms with E-state index in [-0.39, 0.29) is 16.3 Å². The van der Waals surface area contributed by atoms with Crippen LogP contribution in [-0.4, -0.2) is 33.0 Å². The second-order valence-electron chi connectivity index (χ2n) is 7.06. The van der Waals surface area contributed by atoms with Crippen molar-refractivity contribution in [2.45, 2.75) is 25.7 Å². The third-order valence-corrected chi connectivity index (χ3v) is 7.22. The molecule has 1 aliphatic rings. The highest BCUT2D eigenvalue weighted by molar-refractivity contribution is 7.97. The van der Waals surface area contributed by atoms with Gasteiger partial charge in [0.25, 0.3) is 20.0 Å². The molecule has 0 heterocycles. The monoisotopic (exact) mass is 456 g/mol. The number of anilines is 1. The van der Waals surface area contributed by atoms with Gasteiger partial charge in [0.05, 0.1) is 22.4 Å². The maximum absolute atomic E-state index is 13.1. The second-order valence-corrected chi connectivity index (χ2v) is 10.3. The van der Waals surface area contributed by atoms with E-state index in [0.717, 1.165) is 17.2 Å². The van der Waals surface area contributed by atoms with Crippen molar-refractivity contribution in [2.24, 2.45) is 4.40 Å². The van der Waals surface area contributed by atoms with E-state index >= 15 is 0 Å². The SMILES string of the molecule is Cc1ccc(S(=O)(=O)/N=C2/C=CC(=[N+]=[N-])C=C2S(=O)(=O)Nc2cc(C)ccc2C)cc1. The quantitative estimate of drug-likeness (QED) is 0.420. The molecule has 1 aliphatic carbocycles. The van der Waals surface area contributed by atoms with E-state index in [2.05, 4.69) is 13.9 Å². The summed E-state index contributed by atoms with van der Waals surface area (Å²) in [5, 5.41) is 0. The number of benzene rings is 2. The molecule has 0 bridgehead atoms. The van der Waals surface area contributed by atoms with Gasteiger partial charge in [-0.1, -0.05) is 29.8 Å². The van der Waals surface area contributed by atoms with Crippen molar-refractivity contribution < 1.29 is 21.6 Å². The number of hydrogen-bond acceptors (Lipinski definition) is 4. The summed E-state index contributed by atoms with van der Waals surface area (Å²) in [5.74, 6) is 0. The van der Waals surface area contributed by atoms with Gasteiger partial charge in [0.2, 0.25) is 0 Å². The second kappa shape index (κ2) is 8.43. The van der Waals surface area contributed by atoms with Crippen LogP contribution in [0.1, 0.15) is 16.7 Å². The molecule has 8 nitrogen and oxygen atoms in total. The highest BCUT2D eigenvalue weighted by Gasteiger charge is 2.29. The number of rotatable bonds is 5. The standard InChI is InChI=1S/C21H20N4O4S2/c1-14-5-9-18(10-6-14)30(26,27)24-19-11-8-17(23-22)13-21(19)31(28,29)25-20-12-15(2)4-7-16(20)3/h4-13,25H,1-3H3/b24-19-. The number of nitrogens with zero attached hydrogens (tertiary/aromatic N) is 3. The van der Waals surface area contributed by atoms with Gasteiger partial charge in [0, 0.05) is 6.08 Å². The first-order valence-electron chi connectivity index (χ1n) is 9.16. The topological polar surface area (TPSA) is 129 Å². The van der Waals surface area contributed by atoms with Gasteiger partial charge in [-0.3, -0.25) is 4.72 Å². The smallest absolute Gasteiger partial charge is 0.316 e. The molecule has 0 unspecified atom stereocenters. The Kier molecular flexibility index (Phi) is 6.08. The van der Waals surface area contributed by atoms with E-state index in [1.54, 1.807) is 31.2 Å². The summed E-state index contributed by atoms with van der Waals surface area (Å²) in [5.41, 5.74) is 11.5. The van der Waals surface area contributed by atoms with Gasteiger partial charge >= 0.3 is 5.71 Å². The third kappa shape index (κ3) is 5.05. The van der Waals surface area contributed by atoms with Crippen LogP contribution in [0, 0.1) is 20.8 Å². The molecule has 3 rings (SSSR count). The Balaban J connectivity index is 2.09. The Hall–Kier alpha value is -3.33. The molecule has 1 N–H and O–H groups in total. The summed E-state index contributed by atoms with van der Waals surface area (Å²) in [4.78, 5) is 2.50. The van der Waals surface area contributed by atoms with Crippen molar-refractivity contribution in [3.05, 3.63) is 87.8 Å². The van der Waals surface area contributed by atoms with Gasteiger partial charge in [0.15, 0.2) is 0 Å². The zero-order valence-corrected chi connectivity index (χ0v) is 18.7. The van der Waals surface area contributed by atoms with E-state index in [9.17, 15) is 16.8 Å². The summed E-state index contributed by atoms with van der Waals surface area (Å²) in [6, 6.07) is 11.3. The lowest BCUT2D eigenvalue weighted by molar-refractivity contribution is -0.00154. The molecular formula is C21H20N4O4S2. The van der Waals surface area contributed by atoms with Gasteiger partial charge < -0.3 is 5.53 Å². The van der Waals surface area contributed by atoms with Crippen LogP contribution in [0.15, 0.2) is 74.9 Å². The van der Waals surface area contributed by atoms with E-state index in [4.69, 9.17) is 5.53 Å². The summed E-state index contributed by atoms with van der Waals surface area (Å²) in [6.07, 6.45) is 3.50. The fraction of sp³-hybridized carbons (Fsp3) is 0.143. The minimum atomic E-state index is -4.26. The van der Waals surface area contributed by atoms with Crippen LogP contribution in [0.5, 0.6) is 0 Å². The Morgan fingerprint density at radius 1 is 0.903 bits per heavy atom. The summed E-state index contributed by atoms with van der Waals surface area (Å²) in [7, 11) is -8.44. The summed E-state index contributed by atoms with van der Waals surface area (Å²) < 4.78 is 58.0. The zero-order chi connectivity index (χ0) is 22.8. The fourth-order valence-corrected chi connectivity index (χ4v) is 5.14. The molecule has 0 saturated heterocycles. The van der Waals surface area contributed by atoms with Crippen molar-refractivity contribution in [1.82, 2.24) is 0 Å². The average Bonchev–Trinajstić information content (AvgIpc) is 2.71. The molecule has 0 saturated carbocycles. The molecule has 2 aromatic carbocycles. The van der Waals surface area contributed by atoms with Crippen LogP contribution in [0.2, 0.25) is 0 Å². The normalized spacial score (nSPS) is 15.5. The first-order chi connectivity index (χ1) is 14.5. The van der Waals surface area contributed by atoms with Gasteiger partial charge in [-0.2, -0.15) is 17.6 Å². The molecule has 0 fully saturated rings. The van der Waals surface area contributed by atoms with E-state index in [1.807, 2.05) is 19.9 Å². The molecule has 160 valence electrons. The number of nitrogens with one attached hydrogen (secondary N) is 1. The first-order valence-corrected chi connectivity index (χ1v) is 12.1. The van der Waals surface area contributed by atoms with Gasteiger partial charge in [-0.05, 0) is 56.2 Å². The molecule has 0 aromatic heterocycles. The van der Waals surface area contributed by atoms with E-state index < -0.39 is 25.0 Å². The van der Waals surface area contributed by atoms with Crippen molar-refractivity contribution in [3.8, 4) is 0 Å². The minimum absolute atomic E-state index is 0.0620. The van der Waals surface area contributed by atoms with Gasteiger partial charge in [0.1, 0.15) is 4.91 Å². The van der Waals surface area contributed by atoms with Crippen LogP contribution in [-0.2, 0) is 20.0 Å². The molecule has 0 radical (unpaired) electrons. The predicted octanol–water partition coefficient (Wildman–Crippen LogP) is 3.31. The maximum atomic E-state index is 13.1. The molecule has 0 aliphatic heterocycles. The zero-order valence-electron chi connectivity index (χ0n) is 17.1. The van der Waals surface area contributed by atoms with Gasteiger partial charge in [-0.25, -0.2) is 8.42 Å². The molecule has 0 atom stereocenters. The predicted molar refractivity (Wildman–Crippen MR) is 120 cm³/mol. The summed E-state index contributed by atoms with van der Waals surface area (Å²) in [6.45, 7) is 5.37. The Morgan fingerprint density at radius 2 is 1.55 bits per heavy atom. The summed E-state index contributed by atoms with van der Waals surface area (Å²) >= 11 is 0. The highest BCUT2D eigenvalue weighted by atomic mass is 32.2. The van der Waals surface area contributed by atoms with Crippen LogP contribution < -0.4 is 4.72 Å².